The van der Waals surface area contributed by atoms with Crippen molar-refractivity contribution >= 4 is 5.91 Å². The molecule has 0 aliphatic carbocycles. The average molecular weight is 207 g/mol. The molecule has 1 aliphatic rings. The van der Waals surface area contributed by atoms with E-state index in [2.05, 4.69) is 0 Å². The van der Waals surface area contributed by atoms with Crippen LogP contribution in [0.3, 0.4) is 0 Å². The van der Waals surface area contributed by atoms with Crippen molar-refractivity contribution in [2.24, 2.45) is 5.73 Å². The Morgan fingerprint density at radius 3 is 3.07 bits per heavy atom. The standard InChI is InChI=1S/C11H13NO3/c1-14-8-3-2-4-9-10(8)7(11(12)13)5-6-15-9/h2-4,7H,5-6H2,1H3,(H2,12,13). The van der Waals surface area contributed by atoms with Crippen LogP contribution in [0.15, 0.2) is 18.2 Å². The van der Waals surface area contributed by atoms with Crippen LogP contribution in [-0.4, -0.2) is 19.6 Å². The number of methoxy groups -OCH3 is 1. The average Bonchev–Trinajstić information content (AvgIpc) is 2.27. The number of amides is 1. The second kappa shape index (κ2) is 3.81. The highest BCUT2D eigenvalue weighted by Gasteiger charge is 2.29. The Kier molecular flexibility index (Phi) is 2.49. The lowest BCUT2D eigenvalue weighted by atomic mass is 9.92. The van der Waals surface area contributed by atoms with Crippen molar-refractivity contribution in [1.29, 1.82) is 0 Å². The molecule has 1 atom stereocenters. The molecule has 1 aliphatic heterocycles. The molecule has 0 fully saturated rings. The first-order chi connectivity index (χ1) is 7.24. The minimum atomic E-state index is -0.330. The first kappa shape index (κ1) is 9.83. The number of hydrogen-bond donors (Lipinski definition) is 1. The summed E-state index contributed by atoms with van der Waals surface area (Å²) >= 11 is 0. The van der Waals surface area contributed by atoms with Crippen molar-refractivity contribution in [2.75, 3.05) is 13.7 Å². The van der Waals surface area contributed by atoms with E-state index in [0.29, 0.717) is 24.5 Å². The summed E-state index contributed by atoms with van der Waals surface area (Å²) in [5.74, 6) is 0.731. The Morgan fingerprint density at radius 2 is 2.40 bits per heavy atom. The molecule has 4 heteroatoms. The Hall–Kier alpha value is -1.71. The zero-order valence-corrected chi connectivity index (χ0v) is 8.53. The molecule has 1 aromatic rings. The van der Waals surface area contributed by atoms with Crippen molar-refractivity contribution in [3.63, 3.8) is 0 Å². The van der Waals surface area contributed by atoms with E-state index in [4.69, 9.17) is 15.2 Å². The normalized spacial score (nSPS) is 18.9. The minimum absolute atomic E-state index is 0.301. The van der Waals surface area contributed by atoms with Gasteiger partial charge in [-0.25, -0.2) is 0 Å². The fourth-order valence-electron chi connectivity index (χ4n) is 1.89. The van der Waals surface area contributed by atoms with Crippen LogP contribution in [0.25, 0.3) is 0 Å². The highest BCUT2D eigenvalue weighted by atomic mass is 16.5. The second-order valence-electron chi connectivity index (χ2n) is 3.46. The maximum Gasteiger partial charge on any atom is 0.225 e. The first-order valence-electron chi connectivity index (χ1n) is 4.83. The van der Waals surface area contributed by atoms with Crippen LogP contribution in [-0.2, 0) is 4.79 Å². The maximum atomic E-state index is 11.3. The second-order valence-corrected chi connectivity index (χ2v) is 3.46. The molecule has 0 saturated heterocycles. The zero-order valence-electron chi connectivity index (χ0n) is 8.53. The Bertz CT molecular complexity index is 375. The minimum Gasteiger partial charge on any atom is -0.496 e. The quantitative estimate of drug-likeness (QED) is 0.788. The van der Waals surface area contributed by atoms with Gasteiger partial charge in [-0.3, -0.25) is 4.79 Å². The summed E-state index contributed by atoms with van der Waals surface area (Å²) in [6.45, 7) is 0.522. The molecule has 80 valence electrons. The lowest BCUT2D eigenvalue weighted by Gasteiger charge is -2.25. The number of hydrogen-bond acceptors (Lipinski definition) is 3. The third-order valence-electron chi connectivity index (χ3n) is 2.60. The fourth-order valence-corrected chi connectivity index (χ4v) is 1.89. The Balaban J connectivity index is 2.52. The fraction of sp³-hybridized carbons (Fsp3) is 0.364. The molecule has 4 nitrogen and oxygen atoms in total. The van der Waals surface area contributed by atoms with E-state index < -0.39 is 0 Å². The molecule has 2 rings (SSSR count). The molecule has 1 amide bonds. The van der Waals surface area contributed by atoms with Crippen LogP contribution in [0.4, 0.5) is 0 Å². The van der Waals surface area contributed by atoms with Gasteiger partial charge in [0.1, 0.15) is 11.5 Å². The largest absolute Gasteiger partial charge is 0.496 e. The molecule has 1 aromatic carbocycles. The Labute approximate surface area is 88.0 Å². The summed E-state index contributed by atoms with van der Waals surface area (Å²) in [6, 6.07) is 5.47. The van der Waals surface area contributed by atoms with Gasteiger partial charge in [0, 0.05) is 5.56 Å². The smallest absolute Gasteiger partial charge is 0.225 e. The van der Waals surface area contributed by atoms with Gasteiger partial charge < -0.3 is 15.2 Å². The topological polar surface area (TPSA) is 61.5 Å². The van der Waals surface area contributed by atoms with Crippen molar-refractivity contribution in [3.8, 4) is 11.5 Å². The van der Waals surface area contributed by atoms with Gasteiger partial charge >= 0.3 is 0 Å². The van der Waals surface area contributed by atoms with E-state index in [0.717, 1.165) is 5.56 Å². The number of carbonyl (C=O) groups is 1. The Morgan fingerprint density at radius 1 is 1.60 bits per heavy atom. The number of primary amides is 1. The molecule has 15 heavy (non-hydrogen) atoms. The number of rotatable bonds is 2. The van der Waals surface area contributed by atoms with Crippen molar-refractivity contribution in [3.05, 3.63) is 23.8 Å². The molecule has 0 bridgehead atoms. The van der Waals surface area contributed by atoms with E-state index in [9.17, 15) is 4.79 Å². The van der Waals surface area contributed by atoms with Crippen LogP contribution < -0.4 is 15.2 Å². The molecule has 0 saturated carbocycles. The van der Waals surface area contributed by atoms with E-state index in [-0.39, 0.29) is 11.8 Å². The molecule has 1 unspecified atom stereocenters. The van der Waals surface area contributed by atoms with Gasteiger partial charge in [-0.1, -0.05) is 6.07 Å². The predicted molar refractivity (Wildman–Crippen MR) is 55.0 cm³/mol. The van der Waals surface area contributed by atoms with Gasteiger partial charge in [-0.05, 0) is 18.6 Å². The summed E-state index contributed by atoms with van der Waals surface area (Å²) in [7, 11) is 1.57. The highest BCUT2D eigenvalue weighted by molar-refractivity contribution is 5.84. The maximum absolute atomic E-state index is 11.3. The van der Waals surface area contributed by atoms with Gasteiger partial charge in [-0.15, -0.1) is 0 Å². The zero-order chi connectivity index (χ0) is 10.8. The first-order valence-corrected chi connectivity index (χ1v) is 4.83. The highest BCUT2D eigenvalue weighted by Crippen LogP contribution is 2.39. The van der Waals surface area contributed by atoms with E-state index in [1.165, 1.54) is 0 Å². The summed E-state index contributed by atoms with van der Waals surface area (Å²) in [5, 5.41) is 0. The molecule has 0 radical (unpaired) electrons. The summed E-state index contributed by atoms with van der Waals surface area (Å²) in [5.41, 5.74) is 6.13. The van der Waals surface area contributed by atoms with Gasteiger partial charge in [0.25, 0.3) is 0 Å². The van der Waals surface area contributed by atoms with Crippen molar-refractivity contribution < 1.29 is 14.3 Å². The van der Waals surface area contributed by atoms with E-state index in [1.54, 1.807) is 7.11 Å². The SMILES string of the molecule is COc1cccc2c1C(C(N)=O)CCO2. The molecule has 2 N–H and O–H groups in total. The van der Waals surface area contributed by atoms with Crippen LogP contribution in [0.1, 0.15) is 17.9 Å². The monoisotopic (exact) mass is 207 g/mol. The third kappa shape index (κ3) is 1.63. The predicted octanol–water partition coefficient (Wildman–Crippen LogP) is 1.05. The van der Waals surface area contributed by atoms with Crippen LogP contribution in [0.5, 0.6) is 11.5 Å². The van der Waals surface area contributed by atoms with Gasteiger partial charge in [0.2, 0.25) is 5.91 Å². The van der Waals surface area contributed by atoms with Crippen LogP contribution in [0.2, 0.25) is 0 Å². The van der Waals surface area contributed by atoms with Gasteiger partial charge in [0.15, 0.2) is 0 Å². The van der Waals surface area contributed by atoms with E-state index >= 15 is 0 Å². The van der Waals surface area contributed by atoms with Gasteiger partial charge in [0.05, 0.1) is 19.6 Å². The summed E-state index contributed by atoms with van der Waals surface area (Å²) < 4.78 is 10.7. The summed E-state index contributed by atoms with van der Waals surface area (Å²) in [6.07, 6.45) is 0.614. The number of nitrogens with two attached hydrogens (primary N) is 1. The van der Waals surface area contributed by atoms with Crippen molar-refractivity contribution in [1.82, 2.24) is 0 Å². The molecular formula is C11H13NO3. The van der Waals surface area contributed by atoms with Crippen molar-refractivity contribution in [2.45, 2.75) is 12.3 Å². The number of ether oxygens (including phenoxy) is 2. The van der Waals surface area contributed by atoms with Crippen LogP contribution >= 0.6 is 0 Å². The lowest BCUT2D eigenvalue weighted by Crippen LogP contribution is -2.27. The number of fused-ring (bicyclic) bond motifs is 1. The van der Waals surface area contributed by atoms with Crippen LogP contribution in [0, 0.1) is 0 Å². The summed E-state index contributed by atoms with van der Waals surface area (Å²) in [4.78, 5) is 11.3. The third-order valence-corrected chi connectivity index (χ3v) is 2.60. The molecular weight excluding hydrogens is 194 g/mol. The lowest BCUT2D eigenvalue weighted by molar-refractivity contribution is -0.120. The number of carbonyl (C=O) groups excluding carboxylic acids is 1. The number of benzene rings is 1. The molecule has 1 heterocycles. The molecule has 0 aromatic heterocycles. The van der Waals surface area contributed by atoms with E-state index in [1.807, 2.05) is 18.2 Å². The van der Waals surface area contributed by atoms with Gasteiger partial charge in [-0.2, -0.15) is 0 Å². The molecule has 0 spiro atoms.